The summed E-state index contributed by atoms with van der Waals surface area (Å²) in [7, 11) is 0. The van der Waals surface area contributed by atoms with E-state index >= 15 is 0 Å². The summed E-state index contributed by atoms with van der Waals surface area (Å²) in [6, 6.07) is 12.4. The van der Waals surface area contributed by atoms with Crippen molar-refractivity contribution in [2.24, 2.45) is 5.92 Å². The van der Waals surface area contributed by atoms with Gasteiger partial charge in [-0.1, -0.05) is 12.1 Å². The first-order chi connectivity index (χ1) is 12.2. The smallest absolute Gasteiger partial charge is 0.0711 e. The lowest BCUT2D eigenvalue weighted by molar-refractivity contribution is 0.140. The molecule has 4 rings (SSSR count). The molecular weight excluding hydrogens is 314 g/mol. The molecule has 3 aromatic rings. The molecule has 0 bridgehead atoms. The highest BCUT2D eigenvalue weighted by Gasteiger charge is 2.31. The van der Waals surface area contributed by atoms with Crippen molar-refractivity contribution in [1.29, 1.82) is 0 Å². The molecule has 6 heteroatoms. The van der Waals surface area contributed by atoms with Crippen molar-refractivity contribution in [3.63, 3.8) is 0 Å². The van der Waals surface area contributed by atoms with Crippen molar-refractivity contribution in [3.8, 4) is 5.69 Å². The Morgan fingerprint density at radius 1 is 1.24 bits per heavy atom. The lowest BCUT2D eigenvalue weighted by atomic mass is 10.0. The molecule has 1 fully saturated rings. The summed E-state index contributed by atoms with van der Waals surface area (Å²) in [6.07, 6.45) is 4.24. The second-order valence-corrected chi connectivity index (χ2v) is 6.89. The van der Waals surface area contributed by atoms with Crippen molar-refractivity contribution in [2.75, 3.05) is 13.1 Å². The summed E-state index contributed by atoms with van der Waals surface area (Å²) >= 11 is 0. The Kier molecular flexibility index (Phi) is 4.38. The summed E-state index contributed by atoms with van der Waals surface area (Å²) in [4.78, 5) is 2.32. The Bertz CT molecular complexity index is 809. The van der Waals surface area contributed by atoms with Gasteiger partial charge in [-0.15, -0.1) is 0 Å². The van der Waals surface area contributed by atoms with E-state index in [9.17, 15) is 5.11 Å². The minimum Gasteiger partial charge on any atom is -0.391 e. The van der Waals surface area contributed by atoms with Crippen LogP contribution in [0.25, 0.3) is 5.69 Å². The van der Waals surface area contributed by atoms with E-state index in [0.29, 0.717) is 0 Å². The largest absolute Gasteiger partial charge is 0.391 e. The number of aryl methyl sites for hydroxylation is 1. The zero-order chi connectivity index (χ0) is 17.2. The maximum Gasteiger partial charge on any atom is 0.0711 e. The molecule has 0 aliphatic carbocycles. The van der Waals surface area contributed by atoms with Gasteiger partial charge in [0.15, 0.2) is 0 Å². The molecule has 2 N–H and O–H groups in total. The number of aromatic nitrogens is 4. The van der Waals surface area contributed by atoms with Gasteiger partial charge < -0.3 is 5.11 Å². The van der Waals surface area contributed by atoms with Gasteiger partial charge in [0, 0.05) is 43.6 Å². The van der Waals surface area contributed by atoms with Crippen LogP contribution >= 0.6 is 0 Å². The number of nitrogens with one attached hydrogen (secondary N) is 1. The van der Waals surface area contributed by atoms with Gasteiger partial charge in [-0.05, 0) is 43.2 Å². The molecule has 2 atom stereocenters. The van der Waals surface area contributed by atoms with E-state index in [2.05, 4.69) is 50.5 Å². The van der Waals surface area contributed by atoms with Gasteiger partial charge in [-0.2, -0.15) is 10.2 Å². The Morgan fingerprint density at radius 2 is 2.08 bits per heavy atom. The number of hydrogen-bond acceptors (Lipinski definition) is 4. The molecule has 0 saturated carbocycles. The Hall–Kier alpha value is -2.44. The quantitative estimate of drug-likeness (QED) is 0.746. The van der Waals surface area contributed by atoms with Gasteiger partial charge in [0.1, 0.15) is 0 Å². The molecule has 0 radical (unpaired) electrons. The fourth-order valence-electron chi connectivity index (χ4n) is 3.55. The number of rotatable bonds is 5. The van der Waals surface area contributed by atoms with Crippen LogP contribution in [0.4, 0.5) is 0 Å². The zero-order valence-electron chi connectivity index (χ0n) is 14.3. The maximum absolute atomic E-state index is 10.4. The summed E-state index contributed by atoms with van der Waals surface area (Å²) in [5.41, 5.74) is 4.41. The second-order valence-electron chi connectivity index (χ2n) is 6.89. The average Bonchev–Trinajstić information content (AvgIpc) is 3.32. The number of hydrogen-bond donors (Lipinski definition) is 2. The summed E-state index contributed by atoms with van der Waals surface area (Å²) < 4.78 is 1.85. The number of benzene rings is 1. The third kappa shape index (κ3) is 3.65. The molecule has 1 saturated heterocycles. The van der Waals surface area contributed by atoms with Crippen molar-refractivity contribution in [3.05, 3.63) is 65.7 Å². The Morgan fingerprint density at radius 3 is 2.76 bits per heavy atom. The van der Waals surface area contributed by atoms with E-state index < -0.39 is 0 Å². The van der Waals surface area contributed by atoms with Crippen molar-refractivity contribution in [2.45, 2.75) is 26.0 Å². The number of H-pyrrole nitrogens is 1. The average molecular weight is 337 g/mol. The first-order valence-corrected chi connectivity index (χ1v) is 8.67. The van der Waals surface area contributed by atoms with Gasteiger partial charge >= 0.3 is 0 Å². The normalized spacial score (nSPS) is 21.0. The monoisotopic (exact) mass is 337 g/mol. The maximum atomic E-state index is 10.4. The van der Waals surface area contributed by atoms with Crippen LogP contribution in [0.3, 0.4) is 0 Å². The summed E-state index contributed by atoms with van der Waals surface area (Å²) in [5.74, 6) is 0.242. The van der Waals surface area contributed by atoms with Crippen LogP contribution in [0.1, 0.15) is 17.0 Å². The van der Waals surface area contributed by atoms with Crippen molar-refractivity contribution >= 4 is 0 Å². The number of β-amino-alcohol motifs (C(OH)–C–C–N with tert-alkyl or cyclic N) is 1. The highest BCUT2D eigenvalue weighted by atomic mass is 16.3. The van der Waals surface area contributed by atoms with E-state index in [4.69, 9.17) is 0 Å². The standard InChI is InChI=1S/C19H23N5O/c1-14-9-17(22-21-14)10-16-12-23(13-19(16)25)11-15-3-5-18(6-4-15)24-8-2-7-20-24/h2-9,16,19,25H,10-13H2,1H3,(H,21,22)/t16-,19+/m1/s1. The molecular formula is C19H23N5O. The van der Waals surface area contributed by atoms with Crippen LogP contribution in [0.2, 0.25) is 0 Å². The minimum absolute atomic E-state index is 0.242. The fraction of sp³-hybridized carbons (Fsp3) is 0.368. The van der Waals surface area contributed by atoms with E-state index in [0.717, 1.165) is 43.1 Å². The molecule has 0 spiro atoms. The van der Waals surface area contributed by atoms with E-state index in [1.807, 2.05) is 23.9 Å². The van der Waals surface area contributed by atoms with E-state index in [-0.39, 0.29) is 12.0 Å². The number of aromatic amines is 1. The summed E-state index contributed by atoms with van der Waals surface area (Å²) in [6.45, 7) is 4.47. The predicted octanol–water partition coefficient (Wildman–Crippen LogP) is 1.94. The minimum atomic E-state index is -0.291. The molecule has 6 nitrogen and oxygen atoms in total. The first-order valence-electron chi connectivity index (χ1n) is 8.67. The lowest BCUT2D eigenvalue weighted by Crippen LogP contribution is -2.21. The van der Waals surface area contributed by atoms with E-state index in [1.54, 1.807) is 6.20 Å². The van der Waals surface area contributed by atoms with Crippen LogP contribution in [0.15, 0.2) is 48.8 Å². The first kappa shape index (κ1) is 16.1. The third-order valence-electron chi connectivity index (χ3n) is 4.82. The molecule has 2 aromatic heterocycles. The second kappa shape index (κ2) is 6.82. The molecule has 0 amide bonds. The Balaban J connectivity index is 1.37. The van der Waals surface area contributed by atoms with Crippen LogP contribution < -0.4 is 0 Å². The van der Waals surface area contributed by atoms with Crippen LogP contribution in [0.5, 0.6) is 0 Å². The van der Waals surface area contributed by atoms with Gasteiger partial charge in [0.25, 0.3) is 0 Å². The molecule has 1 aromatic carbocycles. The topological polar surface area (TPSA) is 70.0 Å². The van der Waals surface area contributed by atoms with Crippen LogP contribution in [-0.2, 0) is 13.0 Å². The van der Waals surface area contributed by atoms with Gasteiger partial charge in [-0.3, -0.25) is 10.00 Å². The fourth-order valence-corrected chi connectivity index (χ4v) is 3.55. The highest BCUT2D eigenvalue weighted by Crippen LogP contribution is 2.23. The Labute approximate surface area is 147 Å². The molecule has 0 unspecified atom stereocenters. The molecule has 130 valence electrons. The van der Waals surface area contributed by atoms with Crippen LogP contribution in [0, 0.1) is 12.8 Å². The molecule has 1 aliphatic rings. The van der Waals surface area contributed by atoms with Gasteiger partial charge in [-0.25, -0.2) is 4.68 Å². The zero-order valence-corrected chi connectivity index (χ0v) is 14.3. The third-order valence-corrected chi connectivity index (χ3v) is 4.82. The molecule has 3 heterocycles. The molecule has 1 aliphatic heterocycles. The number of nitrogens with zero attached hydrogens (tertiary/aromatic N) is 4. The van der Waals surface area contributed by atoms with Gasteiger partial charge in [0.2, 0.25) is 0 Å². The number of aliphatic hydroxyl groups excluding tert-OH is 1. The predicted molar refractivity (Wildman–Crippen MR) is 95.4 cm³/mol. The number of aliphatic hydroxyl groups is 1. The van der Waals surface area contributed by atoms with E-state index in [1.165, 1.54) is 5.56 Å². The van der Waals surface area contributed by atoms with Crippen molar-refractivity contribution in [1.82, 2.24) is 24.9 Å². The van der Waals surface area contributed by atoms with Gasteiger partial charge in [0.05, 0.1) is 17.5 Å². The van der Waals surface area contributed by atoms with Crippen LogP contribution in [-0.4, -0.2) is 49.2 Å². The number of likely N-dealkylation sites (tertiary alicyclic amines) is 1. The van der Waals surface area contributed by atoms with Crippen molar-refractivity contribution < 1.29 is 5.11 Å². The SMILES string of the molecule is Cc1cc(C[C@@H]2CN(Cc3ccc(-n4cccn4)cc3)C[C@@H]2O)n[nH]1. The molecule has 25 heavy (non-hydrogen) atoms. The highest BCUT2D eigenvalue weighted by molar-refractivity contribution is 5.33. The lowest BCUT2D eigenvalue weighted by Gasteiger charge is -2.15. The summed E-state index contributed by atoms with van der Waals surface area (Å²) in [5, 5.41) is 21.9.